The molecule has 0 aliphatic heterocycles. The molecule has 0 N–H and O–H groups in total. The van der Waals surface area contributed by atoms with Gasteiger partial charge in [0.2, 0.25) is 0 Å². The minimum absolute atomic E-state index is 0. The first-order chi connectivity index (χ1) is 40.6. The molecule has 3 aromatic heterocycles. The Bertz CT molecular complexity index is 4390. The molecule has 85 heavy (non-hydrogen) atoms. The molecular weight excluding hydrogens is 1210 g/mol. The van der Waals surface area contributed by atoms with E-state index < -0.39 is 0 Å². The van der Waals surface area contributed by atoms with E-state index >= 15 is 0 Å². The number of rotatable bonds is 3. The molecule has 7 heteroatoms. The van der Waals surface area contributed by atoms with Crippen molar-refractivity contribution < 1.29 is 20.1 Å². The van der Waals surface area contributed by atoms with E-state index in [0.29, 0.717) is 0 Å². The van der Waals surface area contributed by atoms with Gasteiger partial charge in [0.25, 0.3) is 0 Å². The van der Waals surface area contributed by atoms with Crippen molar-refractivity contribution in [2.45, 2.75) is 78.6 Å². The number of hydrogen-bond acceptors (Lipinski definition) is 6. The van der Waals surface area contributed by atoms with Gasteiger partial charge >= 0.3 is 20.1 Å². The van der Waals surface area contributed by atoms with E-state index in [0.717, 1.165) is 99.2 Å². The molecule has 414 valence electrons. The first-order valence-corrected chi connectivity index (χ1v) is 28.8. The van der Waals surface area contributed by atoms with Crippen molar-refractivity contribution in [2.75, 3.05) is 0 Å². The summed E-state index contributed by atoms with van der Waals surface area (Å²) in [7, 11) is 0. The van der Waals surface area contributed by atoms with Gasteiger partial charge in [-0.3, -0.25) is 15.0 Å². The van der Waals surface area contributed by atoms with Crippen LogP contribution in [0.3, 0.4) is 0 Å². The van der Waals surface area contributed by atoms with Gasteiger partial charge in [0.05, 0.1) is 33.6 Å². The largest absolute Gasteiger partial charge is 3.00 e. The fraction of sp³-hybridized carbons (Fsp3) is 0.154. The van der Waals surface area contributed by atoms with Crippen molar-refractivity contribution in [2.24, 2.45) is 0 Å². The maximum absolute atomic E-state index is 5.03. The van der Waals surface area contributed by atoms with Gasteiger partial charge in [0.15, 0.2) is 0 Å². The quantitative estimate of drug-likeness (QED) is 0.130. The van der Waals surface area contributed by atoms with Crippen LogP contribution in [0.15, 0.2) is 219 Å². The molecule has 0 saturated heterocycles. The average Bonchev–Trinajstić information content (AvgIpc) is 1.62. The van der Waals surface area contributed by atoms with Gasteiger partial charge < -0.3 is 15.0 Å². The van der Waals surface area contributed by atoms with Crippen molar-refractivity contribution in [3.8, 4) is 33.8 Å². The second-order valence-electron chi connectivity index (χ2n) is 24.9. The van der Waals surface area contributed by atoms with Gasteiger partial charge in [-0.1, -0.05) is 240 Å². The van der Waals surface area contributed by atoms with E-state index in [9.17, 15) is 0 Å². The standard InChI is InChI=1S/3C26H21N2.Ir/c3*1-26(2,3)18-14-12-17(13-15-18)23-16-27-24-21-10-6-4-8-19(21)20-9-5-7-11-22(20)25(24)28-23;/h3*4-9,11-16H,1-3H3;/q3*-1;+3. The van der Waals surface area contributed by atoms with Gasteiger partial charge in [-0.25, -0.2) is 0 Å². The number of aromatic nitrogens is 6. The average molecular weight is 1280 g/mol. The van der Waals surface area contributed by atoms with Gasteiger partial charge in [0.1, 0.15) is 0 Å². The summed E-state index contributed by atoms with van der Waals surface area (Å²) in [6.45, 7) is 20.0. The molecular formula is C78H63IrN6. The molecule has 0 fully saturated rings. The number of nitrogens with zero attached hydrogens (tertiary/aromatic N) is 6. The minimum atomic E-state index is 0. The van der Waals surface area contributed by atoms with Crippen LogP contribution in [0.5, 0.6) is 0 Å². The normalized spacial score (nSPS) is 12.0. The molecule has 12 aromatic carbocycles. The maximum atomic E-state index is 5.03. The fourth-order valence-corrected chi connectivity index (χ4v) is 11.5. The monoisotopic (exact) mass is 1280 g/mol. The van der Waals surface area contributed by atoms with E-state index in [1.165, 1.54) is 49.0 Å². The predicted molar refractivity (Wildman–Crippen MR) is 353 cm³/mol. The molecule has 0 atom stereocenters. The first kappa shape index (κ1) is 56.4. The molecule has 0 bridgehead atoms. The molecule has 0 saturated carbocycles. The zero-order chi connectivity index (χ0) is 57.9. The second kappa shape index (κ2) is 22.5. The van der Waals surface area contributed by atoms with Gasteiger partial charge in [0, 0.05) is 51.8 Å². The smallest absolute Gasteiger partial charge is 0.300 e. The summed E-state index contributed by atoms with van der Waals surface area (Å²) < 4.78 is 0. The summed E-state index contributed by atoms with van der Waals surface area (Å²) in [5.74, 6) is 0. The summed E-state index contributed by atoms with van der Waals surface area (Å²) in [4.78, 5) is 29.5. The Labute approximate surface area is 510 Å². The molecule has 0 radical (unpaired) electrons. The Morgan fingerprint density at radius 1 is 0.259 bits per heavy atom. The Morgan fingerprint density at radius 2 is 0.494 bits per heavy atom. The zero-order valence-corrected chi connectivity index (χ0v) is 51.7. The van der Waals surface area contributed by atoms with Crippen LogP contribution in [0.2, 0.25) is 0 Å². The van der Waals surface area contributed by atoms with Crippen LogP contribution in [0.4, 0.5) is 0 Å². The van der Waals surface area contributed by atoms with Crippen LogP contribution in [0, 0.1) is 18.2 Å². The molecule has 0 unspecified atom stereocenters. The summed E-state index contributed by atoms with van der Waals surface area (Å²) >= 11 is 0. The topological polar surface area (TPSA) is 77.3 Å². The van der Waals surface area contributed by atoms with Crippen LogP contribution in [0.1, 0.15) is 79.0 Å². The van der Waals surface area contributed by atoms with Crippen LogP contribution in [0.25, 0.3) is 132 Å². The molecule has 15 rings (SSSR count). The van der Waals surface area contributed by atoms with Crippen LogP contribution < -0.4 is 0 Å². The Morgan fingerprint density at radius 3 is 0.741 bits per heavy atom. The predicted octanol–water partition coefficient (Wildman–Crippen LogP) is 20.1. The van der Waals surface area contributed by atoms with Crippen LogP contribution in [-0.4, -0.2) is 29.9 Å². The van der Waals surface area contributed by atoms with Crippen molar-refractivity contribution in [3.05, 3.63) is 254 Å². The Balaban J connectivity index is 0.000000124. The Kier molecular flexibility index (Phi) is 14.9. The zero-order valence-electron chi connectivity index (χ0n) is 49.3. The fourth-order valence-electron chi connectivity index (χ4n) is 11.5. The first-order valence-electron chi connectivity index (χ1n) is 28.8. The summed E-state index contributed by atoms with van der Waals surface area (Å²) in [5, 5.41) is 13.5. The summed E-state index contributed by atoms with van der Waals surface area (Å²) in [6.07, 6.45) is 5.64. The van der Waals surface area contributed by atoms with Gasteiger partial charge in [-0.05, 0) is 49.1 Å². The third-order valence-corrected chi connectivity index (χ3v) is 16.2. The Hall–Kier alpha value is -9.13. The second-order valence-corrected chi connectivity index (χ2v) is 24.9. The van der Waals surface area contributed by atoms with Crippen molar-refractivity contribution in [1.29, 1.82) is 0 Å². The number of hydrogen-bond donors (Lipinski definition) is 0. The van der Waals surface area contributed by atoms with Gasteiger partial charge in [-0.15, -0.1) is 89.0 Å². The number of fused-ring (bicyclic) bond motifs is 18. The maximum Gasteiger partial charge on any atom is 3.00 e. The molecule has 6 nitrogen and oxygen atoms in total. The summed E-state index contributed by atoms with van der Waals surface area (Å²) in [5.41, 5.74) is 15.8. The van der Waals surface area contributed by atoms with Crippen LogP contribution >= 0.6 is 0 Å². The third kappa shape index (κ3) is 10.8. The van der Waals surface area contributed by atoms with E-state index in [-0.39, 0.29) is 36.4 Å². The van der Waals surface area contributed by atoms with Crippen molar-refractivity contribution in [3.63, 3.8) is 0 Å². The molecule has 0 aliphatic carbocycles. The third-order valence-electron chi connectivity index (χ3n) is 16.2. The number of benzene rings is 12. The minimum Gasteiger partial charge on any atom is -0.300 e. The van der Waals surface area contributed by atoms with E-state index in [4.69, 9.17) is 29.9 Å². The molecule has 0 aliphatic rings. The molecule has 0 amide bonds. The SMILES string of the molecule is CC(C)(C)c1ccc(-c2cnc3c4[c-]cccc4c4ccccc4c3n2)cc1.CC(C)(C)c1ccc(-c2cnc3c4[c-]cccc4c4ccccc4c3n2)cc1.CC(C)(C)c1ccc(-c2cnc3c4[c-]cccc4c4ccccc4c3n2)cc1.[Ir+3]. The van der Waals surface area contributed by atoms with Gasteiger partial charge in [-0.2, -0.15) is 0 Å². The van der Waals surface area contributed by atoms with E-state index in [1.54, 1.807) is 0 Å². The van der Waals surface area contributed by atoms with Crippen molar-refractivity contribution >= 4 is 97.7 Å². The molecule has 3 heterocycles. The molecule has 15 aromatic rings. The van der Waals surface area contributed by atoms with Crippen molar-refractivity contribution in [1.82, 2.24) is 29.9 Å². The van der Waals surface area contributed by atoms with E-state index in [1.807, 2.05) is 55.0 Å². The molecule has 0 spiro atoms. The summed E-state index contributed by atoms with van der Waals surface area (Å²) in [6, 6.07) is 79.6. The van der Waals surface area contributed by atoms with E-state index in [2.05, 4.69) is 244 Å². The van der Waals surface area contributed by atoms with Crippen LogP contribution in [-0.2, 0) is 36.4 Å².